The lowest BCUT2D eigenvalue weighted by atomic mass is 9.87. The Hall–Kier alpha value is -8.22. The molecule has 2 aliphatic heterocycles. The number of pyridine rings is 1. The van der Waals surface area contributed by atoms with Crippen LogP contribution in [-0.2, 0) is 36.8 Å². The minimum Gasteiger partial charge on any atom is -0.481 e. The number of aromatic nitrogens is 7. The number of hydrogen-bond donors (Lipinski definition) is 6. The second-order valence-electron chi connectivity index (χ2n) is 22.8. The Labute approximate surface area is 544 Å². The summed E-state index contributed by atoms with van der Waals surface area (Å²) in [4.78, 5) is 132. The molecule has 9 heterocycles. The summed E-state index contributed by atoms with van der Waals surface area (Å²) in [5.74, 6) is -6.30. The third-order valence-electron chi connectivity index (χ3n) is 16.4. The van der Waals surface area contributed by atoms with Crippen molar-refractivity contribution in [3.63, 3.8) is 0 Å². The first-order chi connectivity index (χ1) is 43.8. The van der Waals surface area contributed by atoms with Crippen LogP contribution in [0.4, 0.5) is 0 Å². The van der Waals surface area contributed by atoms with Gasteiger partial charge in [0.25, 0.3) is 11.8 Å². The van der Waals surface area contributed by atoms with Crippen LogP contribution in [0.2, 0.25) is 0 Å². The van der Waals surface area contributed by atoms with Gasteiger partial charge in [-0.2, -0.15) is 0 Å². The molecule has 10 bridgehead atoms. The van der Waals surface area contributed by atoms with Gasteiger partial charge in [0.2, 0.25) is 11.8 Å². The van der Waals surface area contributed by atoms with Gasteiger partial charge in [0, 0.05) is 68.6 Å². The summed E-state index contributed by atoms with van der Waals surface area (Å²) in [5.41, 5.74) is 10.7. The number of nitrogens with one attached hydrogen (secondary N) is 2. The molecule has 12 rings (SSSR count). The molecular formula is C63H59N11O11S6. The van der Waals surface area contributed by atoms with E-state index < -0.39 is 89.4 Å². The Bertz CT molecular complexity index is 4230. The molecule has 28 heteroatoms. The fourth-order valence-electron chi connectivity index (χ4n) is 11.5. The standard InChI is InChI=1S/C63H59N11O11S6/c1-29-9-11-32(12-10-29)19-41-62(82)74-23-47(76)30(2)52(74)61-72-45(28-90-61)59-69-42(25-89-59)51-37(17-18-39(66-51)58-65-35(24-86-58)20-49(78)85-36-15-13-34(14-16-36)63(83)84)56-70-43(26-87-56)54(80)67-40(22-48(64)77)60-73-50(31(3)91-60)46(75)21-38(53(79)33-7-5-4-6-8-33)57-71-44(27-88-57)55(81)68-41/h4-12,17-18,24-28,30,34,36,38,40-41,47,52-53,76,79H,13-16,19-23H2,1-3H3,(H2,64,77)(H,67,80)(H,68,81)(H,83,84)/t30-,34?,36?,38-,40-,41-,47-,52-,53+/m0/s1. The summed E-state index contributed by atoms with van der Waals surface area (Å²) in [6, 6.07) is 16.9. The lowest BCUT2D eigenvalue weighted by Crippen LogP contribution is -2.50. The molecule has 468 valence electrons. The Kier molecular flexibility index (Phi) is 18.6. The Balaban J connectivity index is 0.919. The number of ketones is 1. The highest BCUT2D eigenvalue weighted by atomic mass is 32.1. The molecule has 9 aromatic rings. The second-order valence-corrected chi connectivity index (χ2v) is 28.3. The lowest BCUT2D eigenvalue weighted by molar-refractivity contribution is -0.152. The summed E-state index contributed by atoms with van der Waals surface area (Å²) >= 11 is 7.20. The number of Topliss-reactive ketones (excluding diaryl/α,β-unsaturated/α-hetero) is 1. The van der Waals surface area contributed by atoms with Crippen molar-refractivity contribution >= 4 is 109 Å². The number of carboxylic acid groups (broad SMARTS) is 1. The maximum Gasteiger partial charge on any atom is 0.312 e. The first-order valence-electron chi connectivity index (χ1n) is 29.2. The van der Waals surface area contributed by atoms with Gasteiger partial charge in [0.1, 0.15) is 71.3 Å². The number of primary amides is 1. The van der Waals surface area contributed by atoms with Crippen LogP contribution in [-0.4, -0.2) is 121 Å². The van der Waals surface area contributed by atoms with E-state index in [-0.39, 0.29) is 65.4 Å². The van der Waals surface area contributed by atoms with Gasteiger partial charge in [0.05, 0.1) is 59.4 Å². The SMILES string of the molecule is Cc1ccc(C[C@@H]2NC(=O)c3csc(n3)[C@H]([C@H](O)c3ccccc3)CC(=O)c3nc(sc3C)[C@H](CC(N)=O)NC(=O)c3csc(n3)-c3ccc(-c4nc(CC(=O)OC5CCC(C(=O)O)CC5)cs4)nc3-c3csc(n3)-c3csc(n3)[C@@H]3[C@@H](C)[C@@H](O)CN3C2=O)cc1. The van der Waals surface area contributed by atoms with Crippen molar-refractivity contribution in [3.8, 4) is 43.4 Å². The summed E-state index contributed by atoms with van der Waals surface area (Å²) in [5, 5.41) is 49.8. The fourth-order valence-corrected chi connectivity index (χ4v) is 16.9. The monoisotopic (exact) mass is 1340 g/mol. The molecule has 7 aromatic heterocycles. The average Bonchev–Trinajstić information content (AvgIpc) is 1.81. The number of carbonyl (C=O) groups excluding carboxylic acids is 6. The molecule has 0 unspecified atom stereocenters. The smallest absolute Gasteiger partial charge is 0.312 e. The maximum atomic E-state index is 15.3. The van der Waals surface area contributed by atoms with Gasteiger partial charge in [0.15, 0.2) is 5.78 Å². The third kappa shape index (κ3) is 13.9. The summed E-state index contributed by atoms with van der Waals surface area (Å²) in [6.45, 7) is 5.43. The zero-order valence-corrected chi connectivity index (χ0v) is 53.9. The van der Waals surface area contributed by atoms with Crippen LogP contribution in [0, 0.1) is 25.7 Å². The number of rotatable bonds is 11. The number of nitrogens with two attached hydrogens (primary N) is 1. The van der Waals surface area contributed by atoms with Crippen molar-refractivity contribution in [2.75, 3.05) is 6.54 Å². The van der Waals surface area contributed by atoms with E-state index in [1.165, 1.54) is 39.4 Å². The normalized spacial score (nSPS) is 21.7. The lowest BCUT2D eigenvalue weighted by Gasteiger charge is -2.29. The van der Waals surface area contributed by atoms with E-state index in [4.69, 9.17) is 45.4 Å². The van der Waals surface area contributed by atoms with E-state index in [0.717, 1.165) is 45.1 Å². The molecule has 91 heavy (non-hydrogen) atoms. The number of esters is 1. The zero-order chi connectivity index (χ0) is 63.8. The highest BCUT2D eigenvalue weighted by Gasteiger charge is 2.46. The maximum absolute atomic E-state index is 15.3. The molecular weight excluding hydrogens is 1280 g/mol. The molecule has 2 fully saturated rings. The van der Waals surface area contributed by atoms with Gasteiger partial charge in [-0.3, -0.25) is 33.6 Å². The summed E-state index contributed by atoms with van der Waals surface area (Å²) in [7, 11) is 0. The van der Waals surface area contributed by atoms with Crippen LogP contribution in [0.1, 0.15) is 143 Å². The quantitative estimate of drug-likeness (QED) is 0.0656. The number of carbonyl (C=O) groups is 7. The van der Waals surface area contributed by atoms with E-state index in [1.807, 2.05) is 48.9 Å². The van der Waals surface area contributed by atoms with Crippen molar-refractivity contribution in [2.45, 2.75) is 114 Å². The van der Waals surface area contributed by atoms with Crippen LogP contribution in [0.3, 0.4) is 0 Å². The number of carboxylic acids is 1. The van der Waals surface area contributed by atoms with E-state index >= 15 is 4.79 Å². The molecule has 1 saturated heterocycles. The predicted octanol–water partition coefficient (Wildman–Crippen LogP) is 9.51. The summed E-state index contributed by atoms with van der Waals surface area (Å²) < 4.78 is 5.74. The topological polar surface area (TPSA) is 333 Å². The van der Waals surface area contributed by atoms with Gasteiger partial charge in [-0.15, -0.1) is 68.0 Å². The number of nitrogens with zero attached hydrogens (tertiary/aromatic N) is 8. The number of aryl methyl sites for hydroxylation is 2. The minimum atomic E-state index is -1.28. The molecule has 4 amide bonds. The van der Waals surface area contributed by atoms with Crippen LogP contribution < -0.4 is 16.4 Å². The Morgan fingerprint density at radius 3 is 2.09 bits per heavy atom. The molecule has 0 spiro atoms. The first kappa shape index (κ1) is 63.0. The number of aliphatic hydroxyl groups excluding tert-OH is 2. The van der Waals surface area contributed by atoms with Crippen molar-refractivity contribution < 1.29 is 53.6 Å². The molecule has 22 nitrogen and oxygen atoms in total. The molecule has 3 aliphatic rings. The molecule has 0 radical (unpaired) electrons. The predicted molar refractivity (Wildman–Crippen MR) is 344 cm³/mol. The Morgan fingerprint density at radius 2 is 1.34 bits per heavy atom. The number of ether oxygens (including phenoxy) is 1. The third-order valence-corrected chi connectivity index (χ3v) is 22.0. The number of hydrogen-bond acceptors (Lipinski definition) is 23. The largest absolute Gasteiger partial charge is 0.481 e. The van der Waals surface area contributed by atoms with Crippen molar-refractivity contribution in [2.24, 2.45) is 17.6 Å². The van der Waals surface area contributed by atoms with E-state index in [2.05, 4.69) is 10.6 Å². The number of aliphatic hydroxyl groups is 2. The highest BCUT2D eigenvalue weighted by Crippen LogP contribution is 2.44. The minimum absolute atomic E-state index is 0.00659. The second kappa shape index (κ2) is 26.9. The van der Waals surface area contributed by atoms with Crippen LogP contribution >= 0.6 is 68.0 Å². The highest BCUT2D eigenvalue weighted by molar-refractivity contribution is 7.15. The number of amides is 4. The molecule has 1 aliphatic carbocycles. The fraction of sp³-hybridized carbons (Fsp3) is 0.333. The van der Waals surface area contributed by atoms with Crippen LogP contribution in [0.25, 0.3) is 43.4 Å². The van der Waals surface area contributed by atoms with E-state index in [1.54, 1.807) is 65.0 Å². The number of fused-ring (bicyclic) bond motifs is 16. The number of thiazole rings is 6. The van der Waals surface area contributed by atoms with Crippen molar-refractivity contribution in [1.29, 1.82) is 0 Å². The first-order valence-corrected chi connectivity index (χ1v) is 34.4. The summed E-state index contributed by atoms with van der Waals surface area (Å²) in [6.07, 6.45) is -1.55. The van der Waals surface area contributed by atoms with Gasteiger partial charge < -0.3 is 41.3 Å². The van der Waals surface area contributed by atoms with Gasteiger partial charge in [-0.1, -0.05) is 67.1 Å². The van der Waals surface area contributed by atoms with Crippen LogP contribution in [0.15, 0.2) is 93.6 Å². The van der Waals surface area contributed by atoms with Crippen LogP contribution in [0.5, 0.6) is 0 Å². The van der Waals surface area contributed by atoms with Gasteiger partial charge in [-0.05, 0) is 62.8 Å². The van der Waals surface area contributed by atoms with E-state index in [0.29, 0.717) is 90.2 Å². The van der Waals surface area contributed by atoms with Crippen molar-refractivity contribution in [1.82, 2.24) is 50.4 Å². The zero-order valence-electron chi connectivity index (χ0n) is 49.0. The van der Waals surface area contributed by atoms with Gasteiger partial charge in [-0.25, -0.2) is 34.9 Å². The average molecular weight is 1340 g/mol. The van der Waals surface area contributed by atoms with E-state index in [9.17, 15) is 44.1 Å². The molecule has 7 atom stereocenters. The number of benzene rings is 2. The van der Waals surface area contributed by atoms with Gasteiger partial charge >= 0.3 is 11.9 Å². The number of aliphatic carboxylic acids is 1. The molecule has 7 N–H and O–H groups in total. The molecule has 2 aromatic carbocycles. The Morgan fingerprint density at radius 1 is 0.692 bits per heavy atom. The molecule has 1 saturated carbocycles. The van der Waals surface area contributed by atoms with Crippen molar-refractivity contribution in [3.05, 3.63) is 153 Å².